The Balaban J connectivity index is 2.04. The van der Waals surface area contributed by atoms with E-state index in [0.717, 1.165) is 22.7 Å². The van der Waals surface area contributed by atoms with E-state index in [0.29, 0.717) is 11.3 Å². The molecule has 3 rings (SSSR count). The van der Waals surface area contributed by atoms with Crippen molar-refractivity contribution in [2.45, 2.75) is 6.92 Å². The lowest BCUT2D eigenvalue weighted by Gasteiger charge is -2.07. The molecule has 1 aromatic carbocycles. The van der Waals surface area contributed by atoms with Gasteiger partial charge in [-0.15, -0.1) is 0 Å². The van der Waals surface area contributed by atoms with E-state index in [4.69, 9.17) is 0 Å². The number of nitrogens with zero attached hydrogens (tertiary/aromatic N) is 2. The number of anilines is 1. The van der Waals surface area contributed by atoms with E-state index in [1.54, 1.807) is 29.7 Å². The maximum Gasteiger partial charge on any atom is 0.274 e. The average Bonchev–Trinajstić information content (AvgIpc) is 2.78. The molecule has 0 aliphatic carbocycles. The zero-order valence-electron chi connectivity index (χ0n) is 11.4. The molecule has 3 aromatic rings. The van der Waals surface area contributed by atoms with Crippen LogP contribution < -0.4 is 5.32 Å². The number of carbonyl (C=O) groups is 1. The second-order valence-corrected chi connectivity index (χ2v) is 5.62. The maximum absolute atomic E-state index is 13.6. The molecule has 0 atom stereocenters. The zero-order chi connectivity index (χ0) is 15.9. The molecular weight excluding hydrogens is 356 g/mol. The number of aryl methyl sites for hydroxylation is 1. The molecule has 2 heterocycles. The number of fused-ring (bicyclic) bond motifs is 1. The number of amides is 1. The van der Waals surface area contributed by atoms with Crippen molar-refractivity contribution in [3.05, 3.63) is 64.0 Å². The van der Waals surface area contributed by atoms with Gasteiger partial charge < -0.3 is 5.32 Å². The lowest BCUT2D eigenvalue weighted by atomic mass is 10.2. The molecule has 0 bridgehead atoms. The SMILES string of the molecule is Cc1nc2ccc(Br)cn2c1C(=O)Nc1cc(F)ccc1F. The summed E-state index contributed by atoms with van der Waals surface area (Å²) in [5.74, 6) is -1.90. The smallest absolute Gasteiger partial charge is 0.274 e. The number of hydrogen-bond donors (Lipinski definition) is 1. The fraction of sp³-hybridized carbons (Fsp3) is 0.0667. The van der Waals surface area contributed by atoms with Crippen LogP contribution in [0.2, 0.25) is 0 Å². The molecule has 2 aromatic heterocycles. The molecule has 1 N–H and O–H groups in total. The van der Waals surface area contributed by atoms with E-state index in [1.165, 1.54) is 0 Å². The summed E-state index contributed by atoms with van der Waals surface area (Å²) in [5, 5.41) is 2.38. The molecule has 0 saturated heterocycles. The second kappa shape index (κ2) is 5.49. The first-order valence-corrected chi connectivity index (χ1v) is 7.15. The highest BCUT2D eigenvalue weighted by Gasteiger charge is 2.18. The number of pyridine rings is 1. The van der Waals surface area contributed by atoms with Crippen LogP contribution in [-0.4, -0.2) is 15.3 Å². The van der Waals surface area contributed by atoms with E-state index in [-0.39, 0.29) is 11.4 Å². The standard InChI is InChI=1S/C15H10BrF2N3O/c1-8-14(21-7-9(16)2-5-13(21)19-8)15(22)20-12-6-10(17)3-4-11(12)18/h2-7H,1H3,(H,20,22). The molecule has 0 aliphatic heterocycles. The predicted molar refractivity (Wildman–Crippen MR) is 81.9 cm³/mol. The molecule has 7 heteroatoms. The minimum absolute atomic E-state index is 0.214. The van der Waals surface area contributed by atoms with Crippen molar-refractivity contribution < 1.29 is 13.6 Å². The van der Waals surface area contributed by atoms with Crippen LogP contribution in [0.15, 0.2) is 41.0 Å². The highest BCUT2D eigenvalue weighted by molar-refractivity contribution is 9.10. The van der Waals surface area contributed by atoms with Gasteiger partial charge in [-0.2, -0.15) is 0 Å². The summed E-state index contributed by atoms with van der Waals surface area (Å²) in [5.41, 5.74) is 1.13. The summed E-state index contributed by atoms with van der Waals surface area (Å²) >= 11 is 3.32. The van der Waals surface area contributed by atoms with Crippen LogP contribution in [0.4, 0.5) is 14.5 Å². The third kappa shape index (κ3) is 2.59. The Morgan fingerprint density at radius 2 is 2.05 bits per heavy atom. The topological polar surface area (TPSA) is 46.4 Å². The Hall–Kier alpha value is -2.28. The van der Waals surface area contributed by atoms with E-state index in [9.17, 15) is 13.6 Å². The van der Waals surface area contributed by atoms with Gasteiger partial charge in [-0.25, -0.2) is 13.8 Å². The van der Waals surface area contributed by atoms with Gasteiger partial charge in [0.1, 0.15) is 23.0 Å². The highest BCUT2D eigenvalue weighted by Crippen LogP contribution is 2.20. The van der Waals surface area contributed by atoms with Gasteiger partial charge >= 0.3 is 0 Å². The normalized spacial score (nSPS) is 10.9. The van der Waals surface area contributed by atoms with Crippen LogP contribution in [0, 0.1) is 18.6 Å². The summed E-state index contributed by atoms with van der Waals surface area (Å²) < 4.78 is 29.2. The molecule has 22 heavy (non-hydrogen) atoms. The first-order valence-electron chi connectivity index (χ1n) is 6.36. The monoisotopic (exact) mass is 365 g/mol. The highest BCUT2D eigenvalue weighted by atomic mass is 79.9. The number of rotatable bonds is 2. The van der Waals surface area contributed by atoms with E-state index in [2.05, 4.69) is 26.2 Å². The molecule has 0 fully saturated rings. The van der Waals surface area contributed by atoms with Crippen LogP contribution in [0.1, 0.15) is 16.2 Å². The van der Waals surface area contributed by atoms with Gasteiger partial charge in [0.05, 0.1) is 11.4 Å². The van der Waals surface area contributed by atoms with Crippen LogP contribution in [0.25, 0.3) is 5.65 Å². The van der Waals surface area contributed by atoms with Crippen molar-refractivity contribution in [2.24, 2.45) is 0 Å². The summed E-state index contributed by atoms with van der Waals surface area (Å²) in [7, 11) is 0. The maximum atomic E-state index is 13.6. The van der Waals surface area contributed by atoms with Gasteiger partial charge in [-0.05, 0) is 47.1 Å². The lowest BCUT2D eigenvalue weighted by Crippen LogP contribution is -2.16. The van der Waals surface area contributed by atoms with Crippen molar-refractivity contribution in [2.75, 3.05) is 5.32 Å². The number of aromatic nitrogens is 2. The number of halogens is 3. The molecule has 0 spiro atoms. The first kappa shape index (κ1) is 14.6. The molecule has 0 saturated carbocycles. The summed E-state index contributed by atoms with van der Waals surface area (Å²) in [6.45, 7) is 1.68. The van der Waals surface area contributed by atoms with Gasteiger partial charge in [0.2, 0.25) is 0 Å². The second-order valence-electron chi connectivity index (χ2n) is 4.70. The largest absolute Gasteiger partial charge is 0.318 e. The minimum Gasteiger partial charge on any atom is -0.318 e. The molecule has 1 amide bonds. The van der Waals surface area contributed by atoms with Crippen molar-refractivity contribution in [1.82, 2.24) is 9.38 Å². The van der Waals surface area contributed by atoms with Crippen LogP contribution in [-0.2, 0) is 0 Å². The molecule has 4 nitrogen and oxygen atoms in total. The summed E-state index contributed by atoms with van der Waals surface area (Å²) in [6.07, 6.45) is 1.69. The lowest BCUT2D eigenvalue weighted by molar-refractivity contribution is 0.102. The van der Waals surface area contributed by atoms with Crippen molar-refractivity contribution in [3.63, 3.8) is 0 Å². The Kier molecular flexibility index (Phi) is 3.66. The van der Waals surface area contributed by atoms with Crippen molar-refractivity contribution in [1.29, 1.82) is 0 Å². The molecule has 0 radical (unpaired) electrons. The number of nitrogens with one attached hydrogen (secondary N) is 1. The Bertz CT molecular complexity index is 892. The Morgan fingerprint density at radius 1 is 1.27 bits per heavy atom. The van der Waals surface area contributed by atoms with Gasteiger partial charge in [0.15, 0.2) is 0 Å². The number of benzene rings is 1. The molecule has 0 aliphatic rings. The van der Waals surface area contributed by atoms with Crippen LogP contribution in [0.5, 0.6) is 0 Å². The van der Waals surface area contributed by atoms with Crippen molar-refractivity contribution >= 4 is 33.2 Å². The quantitative estimate of drug-likeness (QED) is 0.747. The van der Waals surface area contributed by atoms with E-state index >= 15 is 0 Å². The molecular formula is C15H10BrF2N3O. The summed E-state index contributed by atoms with van der Waals surface area (Å²) in [4.78, 5) is 16.7. The van der Waals surface area contributed by atoms with Gasteiger partial charge in [0, 0.05) is 16.7 Å². The van der Waals surface area contributed by atoms with Crippen LogP contribution >= 0.6 is 15.9 Å². The van der Waals surface area contributed by atoms with Gasteiger partial charge in [0.25, 0.3) is 5.91 Å². The van der Waals surface area contributed by atoms with Gasteiger partial charge in [-0.3, -0.25) is 9.20 Å². The fourth-order valence-electron chi connectivity index (χ4n) is 2.18. The Labute approximate surface area is 132 Å². The molecule has 0 unspecified atom stereocenters. The predicted octanol–water partition coefficient (Wildman–Crippen LogP) is 3.94. The number of hydrogen-bond acceptors (Lipinski definition) is 2. The molecule has 112 valence electrons. The Morgan fingerprint density at radius 3 is 2.82 bits per heavy atom. The zero-order valence-corrected chi connectivity index (χ0v) is 13.0. The third-order valence-corrected chi connectivity index (χ3v) is 3.62. The summed E-state index contributed by atoms with van der Waals surface area (Å²) in [6, 6.07) is 6.43. The van der Waals surface area contributed by atoms with Crippen LogP contribution in [0.3, 0.4) is 0 Å². The van der Waals surface area contributed by atoms with Gasteiger partial charge in [-0.1, -0.05) is 0 Å². The number of carbonyl (C=O) groups excluding carboxylic acids is 1. The third-order valence-electron chi connectivity index (χ3n) is 3.15. The number of imidazole rings is 1. The minimum atomic E-state index is -0.706. The van der Waals surface area contributed by atoms with Crippen molar-refractivity contribution in [3.8, 4) is 0 Å². The fourth-order valence-corrected chi connectivity index (χ4v) is 2.52. The van der Waals surface area contributed by atoms with E-state index < -0.39 is 17.5 Å². The first-order chi connectivity index (χ1) is 10.5. The van der Waals surface area contributed by atoms with E-state index in [1.807, 2.05) is 0 Å². The average molecular weight is 366 g/mol.